The van der Waals surface area contributed by atoms with E-state index in [0.717, 1.165) is 17.6 Å². The zero-order chi connectivity index (χ0) is 9.26. The van der Waals surface area contributed by atoms with Crippen LogP contribution in [0.25, 0.3) is 11.0 Å². The van der Waals surface area contributed by atoms with Crippen LogP contribution in [-0.4, -0.2) is 14.8 Å². The molecule has 0 aromatic carbocycles. The Morgan fingerprint density at radius 3 is 3.08 bits per heavy atom. The second-order valence-electron chi connectivity index (χ2n) is 2.71. The first-order valence-electron chi connectivity index (χ1n) is 4.07. The molecule has 2 heterocycles. The van der Waals surface area contributed by atoms with Crippen LogP contribution >= 0.6 is 0 Å². The van der Waals surface area contributed by atoms with Gasteiger partial charge in [-0.2, -0.15) is 10.4 Å². The van der Waals surface area contributed by atoms with Crippen LogP contribution in [0.2, 0.25) is 0 Å². The highest BCUT2D eigenvalue weighted by Crippen LogP contribution is 2.11. The quantitative estimate of drug-likeness (QED) is 0.651. The number of pyridine rings is 1. The zero-order valence-corrected chi connectivity index (χ0v) is 7.23. The van der Waals surface area contributed by atoms with Gasteiger partial charge in [0.05, 0.1) is 11.8 Å². The molecule has 0 spiro atoms. The minimum Gasteiger partial charge on any atom is -0.248 e. The number of aromatic nitrogens is 3. The summed E-state index contributed by atoms with van der Waals surface area (Å²) in [5.74, 6) is 0. The van der Waals surface area contributed by atoms with E-state index in [1.165, 1.54) is 0 Å². The topological polar surface area (TPSA) is 54.5 Å². The van der Waals surface area contributed by atoms with Gasteiger partial charge in [0.1, 0.15) is 6.07 Å². The number of nitrogens with zero attached hydrogens (tertiary/aromatic N) is 4. The van der Waals surface area contributed by atoms with Crippen LogP contribution in [0.15, 0.2) is 18.5 Å². The zero-order valence-electron chi connectivity index (χ0n) is 7.23. The lowest BCUT2D eigenvalue weighted by molar-refractivity contribution is 0.677. The van der Waals surface area contributed by atoms with Gasteiger partial charge in [0.25, 0.3) is 0 Å². The second-order valence-corrected chi connectivity index (χ2v) is 2.71. The maximum absolute atomic E-state index is 8.64. The molecule has 0 fully saturated rings. The third-order valence-electron chi connectivity index (χ3n) is 1.90. The minimum absolute atomic E-state index is 0.572. The summed E-state index contributed by atoms with van der Waals surface area (Å²) in [5, 5.41) is 13.7. The first-order chi connectivity index (χ1) is 6.35. The van der Waals surface area contributed by atoms with E-state index >= 15 is 0 Å². The van der Waals surface area contributed by atoms with Gasteiger partial charge in [-0.15, -0.1) is 0 Å². The normalized spacial score (nSPS) is 10.2. The Morgan fingerprint density at radius 2 is 2.38 bits per heavy atom. The van der Waals surface area contributed by atoms with Gasteiger partial charge in [-0.05, 0) is 13.0 Å². The molecule has 0 saturated carbocycles. The Balaban J connectivity index is 2.70. The predicted octanol–water partition coefficient (Wildman–Crippen LogP) is 1.32. The highest BCUT2D eigenvalue weighted by Gasteiger charge is 2.02. The number of rotatable bonds is 1. The van der Waals surface area contributed by atoms with Gasteiger partial charge >= 0.3 is 0 Å². The van der Waals surface area contributed by atoms with Crippen molar-refractivity contribution in [2.45, 2.75) is 13.5 Å². The predicted molar refractivity (Wildman–Crippen MR) is 47.9 cm³/mol. The molecule has 4 heteroatoms. The van der Waals surface area contributed by atoms with Crippen molar-refractivity contribution in [2.75, 3.05) is 0 Å². The van der Waals surface area contributed by atoms with E-state index in [9.17, 15) is 0 Å². The highest BCUT2D eigenvalue weighted by molar-refractivity contribution is 5.75. The summed E-state index contributed by atoms with van der Waals surface area (Å²) < 4.78 is 1.80. The van der Waals surface area contributed by atoms with Gasteiger partial charge in [-0.3, -0.25) is 0 Å². The molecular formula is C9H8N4. The molecule has 0 bridgehead atoms. The van der Waals surface area contributed by atoms with Crippen molar-refractivity contribution in [3.8, 4) is 6.07 Å². The summed E-state index contributed by atoms with van der Waals surface area (Å²) in [4.78, 5) is 4.16. The smallest absolute Gasteiger partial charge is 0.157 e. The van der Waals surface area contributed by atoms with Crippen LogP contribution in [0.5, 0.6) is 0 Å². The first kappa shape index (κ1) is 7.74. The molecule has 0 unspecified atom stereocenters. The molecule has 0 amide bonds. The van der Waals surface area contributed by atoms with Crippen molar-refractivity contribution in [3.05, 3.63) is 24.0 Å². The number of nitriles is 1. The molecule has 0 aliphatic heterocycles. The minimum atomic E-state index is 0.572. The van der Waals surface area contributed by atoms with E-state index < -0.39 is 0 Å². The maximum atomic E-state index is 8.64. The Kier molecular flexibility index (Phi) is 1.71. The fraction of sp³-hybridized carbons (Fsp3) is 0.222. The highest BCUT2D eigenvalue weighted by atomic mass is 15.3. The summed E-state index contributed by atoms with van der Waals surface area (Å²) in [6.07, 6.45) is 3.29. The van der Waals surface area contributed by atoms with Crippen LogP contribution < -0.4 is 0 Å². The van der Waals surface area contributed by atoms with E-state index in [4.69, 9.17) is 5.26 Å². The molecule has 13 heavy (non-hydrogen) atoms. The van der Waals surface area contributed by atoms with Gasteiger partial charge in [-0.25, -0.2) is 9.67 Å². The lowest BCUT2D eigenvalue weighted by atomic mass is 10.2. The third-order valence-corrected chi connectivity index (χ3v) is 1.90. The average molecular weight is 172 g/mol. The van der Waals surface area contributed by atoms with Gasteiger partial charge in [0.15, 0.2) is 5.65 Å². The van der Waals surface area contributed by atoms with E-state index in [2.05, 4.69) is 10.1 Å². The summed E-state index contributed by atoms with van der Waals surface area (Å²) >= 11 is 0. The van der Waals surface area contributed by atoms with Gasteiger partial charge in [0, 0.05) is 18.1 Å². The van der Waals surface area contributed by atoms with E-state index in [-0.39, 0.29) is 0 Å². The summed E-state index contributed by atoms with van der Waals surface area (Å²) in [5.41, 5.74) is 1.41. The van der Waals surface area contributed by atoms with Crippen LogP contribution in [0.1, 0.15) is 12.5 Å². The molecule has 0 radical (unpaired) electrons. The summed E-state index contributed by atoms with van der Waals surface area (Å²) in [7, 11) is 0. The van der Waals surface area contributed by atoms with Crippen molar-refractivity contribution in [1.82, 2.24) is 14.8 Å². The molecule has 0 atom stereocenters. The molecule has 2 rings (SSSR count). The number of aryl methyl sites for hydroxylation is 1. The molecule has 0 saturated heterocycles. The fourth-order valence-corrected chi connectivity index (χ4v) is 1.26. The third kappa shape index (κ3) is 1.14. The fourth-order valence-electron chi connectivity index (χ4n) is 1.26. The van der Waals surface area contributed by atoms with Crippen molar-refractivity contribution in [3.63, 3.8) is 0 Å². The van der Waals surface area contributed by atoms with E-state index in [0.29, 0.717) is 5.56 Å². The molecule has 0 aliphatic rings. The largest absolute Gasteiger partial charge is 0.248 e. The van der Waals surface area contributed by atoms with Crippen LogP contribution in [0, 0.1) is 11.3 Å². The molecular weight excluding hydrogens is 164 g/mol. The Hall–Kier alpha value is -1.89. The summed E-state index contributed by atoms with van der Waals surface area (Å²) in [6, 6.07) is 3.84. The van der Waals surface area contributed by atoms with Crippen molar-refractivity contribution >= 4 is 11.0 Å². The SMILES string of the molecule is CCn1ncc2cc(C#N)cnc21. The summed E-state index contributed by atoms with van der Waals surface area (Å²) in [6.45, 7) is 2.80. The molecule has 0 N–H and O–H groups in total. The van der Waals surface area contributed by atoms with E-state index in [1.54, 1.807) is 23.1 Å². The number of hydrogen-bond donors (Lipinski definition) is 0. The monoisotopic (exact) mass is 172 g/mol. The van der Waals surface area contributed by atoms with Crippen molar-refractivity contribution in [1.29, 1.82) is 5.26 Å². The van der Waals surface area contributed by atoms with Crippen LogP contribution in [-0.2, 0) is 6.54 Å². The Bertz CT molecular complexity index is 478. The van der Waals surface area contributed by atoms with Crippen LogP contribution in [0.3, 0.4) is 0 Å². The Labute approximate surface area is 75.4 Å². The standard InChI is InChI=1S/C9H8N4/c1-2-13-9-8(6-12-13)3-7(4-10)5-11-9/h3,5-6H,2H2,1H3. The number of hydrogen-bond acceptors (Lipinski definition) is 3. The Morgan fingerprint density at radius 1 is 1.54 bits per heavy atom. The first-order valence-corrected chi connectivity index (χ1v) is 4.07. The van der Waals surface area contributed by atoms with E-state index in [1.807, 2.05) is 13.0 Å². The van der Waals surface area contributed by atoms with Crippen LogP contribution in [0.4, 0.5) is 0 Å². The number of fused-ring (bicyclic) bond motifs is 1. The molecule has 0 aliphatic carbocycles. The van der Waals surface area contributed by atoms with Crippen molar-refractivity contribution in [2.24, 2.45) is 0 Å². The molecule has 2 aromatic heterocycles. The van der Waals surface area contributed by atoms with Gasteiger partial charge in [0.2, 0.25) is 0 Å². The van der Waals surface area contributed by atoms with Crippen molar-refractivity contribution < 1.29 is 0 Å². The lowest BCUT2D eigenvalue weighted by Crippen LogP contribution is -1.96. The molecule has 64 valence electrons. The second kappa shape index (κ2) is 2.87. The van der Waals surface area contributed by atoms with Gasteiger partial charge in [-0.1, -0.05) is 0 Å². The average Bonchev–Trinajstić information content (AvgIpc) is 2.59. The maximum Gasteiger partial charge on any atom is 0.157 e. The molecule has 4 nitrogen and oxygen atoms in total. The molecule has 2 aromatic rings. The lowest BCUT2D eigenvalue weighted by Gasteiger charge is -1.95. The van der Waals surface area contributed by atoms with Gasteiger partial charge < -0.3 is 0 Å².